The highest BCUT2D eigenvalue weighted by Gasteiger charge is 2.29. The summed E-state index contributed by atoms with van der Waals surface area (Å²) >= 11 is 8.08. The van der Waals surface area contributed by atoms with E-state index in [4.69, 9.17) is 11.6 Å². The Morgan fingerprint density at radius 3 is 2.40 bits per heavy atom. The van der Waals surface area contributed by atoms with Crippen molar-refractivity contribution < 1.29 is 9.59 Å². The molecule has 0 bridgehead atoms. The Labute approximate surface area is 167 Å². The predicted molar refractivity (Wildman–Crippen MR) is 108 cm³/mol. The van der Waals surface area contributed by atoms with Gasteiger partial charge in [0, 0.05) is 33.6 Å². The van der Waals surface area contributed by atoms with Crippen LogP contribution in [0.25, 0.3) is 0 Å². The van der Waals surface area contributed by atoms with E-state index in [1.807, 2.05) is 4.90 Å². The number of benzene rings is 1. The molecule has 25 heavy (non-hydrogen) atoms. The molecule has 0 unspecified atom stereocenters. The summed E-state index contributed by atoms with van der Waals surface area (Å²) < 4.78 is 0.854. The second kappa shape index (κ2) is 8.71. The van der Waals surface area contributed by atoms with Gasteiger partial charge in [0.1, 0.15) is 0 Å². The highest BCUT2D eigenvalue weighted by Crippen LogP contribution is 2.26. The average molecular weight is 475 g/mol. The molecule has 2 aliphatic rings. The molecule has 1 aliphatic heterocycles. The molecular weight excluding hydrogens is 451 g/mol. The van der Waals surface area contributed by atoms with E-state index in [1.165, 1.54) is 19.3 Å². The number of carbonyl (C=O) groups is 2. The molecule has 2 fully saturated rings. The van der Waals surface area contributed by atoms with Gasteiger partial charge in [0.15, 0.2) is 0 Å². The fourth-order valence-electron chi connectivity index (χ4n) is 3.79. The highest BCUT2D eigenvalue weighted by atomic mass is 127. The van der Waals surface area contributed by atoms with Crippen LogP contribution in [0.4, 0.5) is 0 Å². The van der Waals surface area contributed by atoms with Crippen molar-refractivity contribution in [2.45, 2.75) is 51.0 Å². The summed E-state index contributed by atoms with van der Waals surface area (Å²) in [4.78, 5) is 27.1. The number of hydrogen-bond donors (Lipinski definition) is 1. The van der Waals surface area contributed by atoms with Crippen molar-refractivity contribution in [3.8, 4) is 0 Å². The second-order valence-corrected chi connectivity index (χ2v) is 8.63. The summed E-state index contributed by atoms with van der Waals surface area (Å²) in [6, 6.07) is 5.43. The van der Waals surface area contributed by atoms with Gasteiger partial charge in [-0.05, 0) is 66.5 Å². The van der Waals surface area contributed by atoms with E-state index in [1.54, 1.807) is 18.2 Å². The van der Waals surface area contributed by atoms with Gasteiger partial charge in [-0.3, -0.25) is 9.59 Å². The molecule has 0 atom stereocenters. The van der Waals surface area contributed by atoms with Gasteiger partial charge >= 0.3 is 0 Å². The lowest BCUT2D eigenvalue weighted by Crippen LogP contribution is -2.48. The van der Waals surface area contributed by atoms with E-state index in [0.717, 1.165) is 42.3 Å². The first-order chi connectivity index (χ1) is 12.0. The van der Waals surface area contributed by atoms with Gasteiger partial charge < -0.3 is 10.2 Å². The largest absolute Gasteiger partial charge is 0.349 e. The molecule has 1 aromatic carbocycles. The Hall–Kier alpha value is -0.820. The maximum absolute atomic E-state index is 12.6. The van der Waals surface area contributed by atoms with Crippen molar-refractivity contribution in [2.24, 2.45) is 5.92 Å². The van der Waals surface area contributed by atoms with Crippen LogP contribution in [-0.4, -0.2) is 35.8 Å². The highest BCUT2D eigenvalue weighted by molar-refractivity contribution is 14.1. The van der Waals surface area contributed by atoms with Crippen LogP contribution in [0.2, 0.25) is 5.02 Å². The van der Waals surface area contributed by atoms with Gasteiger partial charge in [0.2, 0.25) is 5.91 Å². The standard InChI is InChI=1S/C19H24ClIN2O2/c20-14-6-7-16(17(21)12-14)18(24)22-15-8-10-23(11-9-15)19(25)13-4-2-1-3-5-13/h6-7,12-13,15H,1-5,8-11H2,(H,22,24). The number of amides is 2. The van der Waals surface area contributed by atoms with Crippen molar-refractivity contribution in [1.29, 1.82) is 0 Å². The van der Waals surface area contributed by atoms with Crippen LogP contribution in [-0.2, 0) is 4.79 Å². The molecule has 0 radical (unpaired) electrons. The zero-order valence-corrected chi connectivity index (χ0v) is 17.2. The van der Waals surface area contributed by atoms with Crippen LogP contribution < -0.4 is 5.32 Å². The minimum absolute atomic E-state index is 0.0573. The van der Waals surface area contributed by atoms with Crippen molar-refractivity contribution in [2.75, 3.05) is 13.1 Å². The van der Waals surface area contributed by atoms with Crippen molar-refractivity contribution in [1.82, 2.24) is 10.2 Å². The number of halogens is 2. The molecule has 6 heteroatoms. The van der Waals surface area contributed by atoms with Crippen LogP contribution >= 0.6 is 34.2 Å². The minimum atomic E-state index is -0.0573. The van der Waals surface area contributed by atoms with Crippen LogP contribution in [0.15, 0.2) is 18.2 Å². The summed E-state index contributed by atoms with van der Waals surface area (Å²) in [5.74, 6) is 0.505. The van der Waals surface area contributed by atoms with Crippen molar-refractivity contribution in [3.05, 3.63) is 32.4 Å². The second-order valence-electron chi connectivity index (χ2n) is 7.03. The van der Waals surface area contributed by atoms with Crippen LogP contribution in [0, 0.1) is 9.49 Å². The van der Waals surface area contributed by atoms with E-state index >= 15 is 0 Å². The Balaban J connectivity index is 1.50. The van der Waals surface area contributed by atoms with Gasteiger partial charge in [0.25, 0.3) is 5.91 Å². The molecule has 1 aliphatic carbocycles. The lowest BCUT2D eigenvalue weighted by atomic mass is 9.87. The quantitative estimate of drug-likeness (QED) is 0.666. The Bertz CT molecular complexity index is 638. The zero-order valence-electron chi connectivity index (χ0n) is 14.3. The molecule has 0 spiro atoms. The van der Waals surface area contributed by atoms with E-state index in [0.29, 0.717) is 16.5 Å². The van der Waals surface area contributed by atoms with Crippen LogP contribution in [0.1, 0.15) is 55.3 Å². The van der Waals surface area contributed by atoms with Crippen molar-refractivity contribution in [3.63, 3.8) is 0 Å². The number of carbonyl (C=O) groups excluding carboxylic acids is 2. The fourth-order valence-corrected chi connectivity index (χ4v) is 4.91. The zero-order chi connectivity index (χ0) is 17.8. The summed E-state index contributed by atoms with van der Waals surface area (Å²) in [5.41, 5.74) is 0.658. The molecule has 1 heterocycles. The minimum Gasteiger partial charge on any atom is -0.349 e. The molecule has 1 aromatic rings. The topological polar surface area (TPSA) is 49.4 Å². The molecule has 1 saturated carbocycles. The van der Waals surface area contributed by atoms with Crippen molar-refractivity contribution >= 4 is 46.0 Å². The maximum atomic E-state index is 12.6. The van der Waals surface area contributed by atoms with E-state index in [9.17, 15) is 9.59 Å². The third-order valence-electron chi connectivity index (χ3n) is 5.27. The predicted octanol–water partition coefficient (Wildman–Crippen LogP) is 4.25. The molecule has 1 saturated heterocycles. The molecule has 136 valence electrons. The molecule has 4 nitrogen and oxygen atoms in total. The third kappa shape index (κ3) is 4.88. The fraction of sp³-hybridized carbons (Fsp3) is 0.579. The number of piperidine rings is 1. The molecule has 2 amide bonds. The summed E-state index contributed by atoms with van der Waals surface area (Å²) in [6.07, 6.45) is 7.38. The Kier molecular flexibility index (Phi) is 6.61. The maximum Gasteiger partial charge on any atom is 0.252 e. The lowest BCUT2D eigenvalue weighted by Gasteiger charge is -2.35. The van der Waals surface area contributed by atoms with Gasteiger partial charge in [-0.1, -0.05) is 30.9 Å². The monoisotopic (exact) mass is 474 g/mol. The molecular formula is C19H24ClIN2O2. The van der Waals surface area contributed by atoms with E-state index in [2.05, 4.69) is 27.9 Å². The summed E-state index contributed by atoms with van der Waals surface area (Å²) in [5, 5.41) is 3.74. The third-order valence-corrected chi connectivity index (χ3v) is 6.40. The van der Waals surface area contributed by atoms with Crippen LogP contribution in [0.3, 0.4) is 0 Å². The first-order valence-electron chi connectivity index (χ1n) is 9.09. The molecule has 3 rings (SSSR count). The van der Waals surface area contributed by atoms with E-state index in [-0.39, 0.29) is 17.9 Å². The average Bonchev–Trinajstić information content (AvgIpc) is 2.62. The molecule has 1 N–H and O–H groups in total. The van der Waals surface area contributed by atoms with E-state index < -0.39 is 0 Å². The lowest BCUT2D eigenvalue weighted by molar-refractivity contribution is -0.137. The van der Waals surface area contributed by atoms with Crippen LogP contribution in [0.5, 0.6) is 0 Å². The Morgan fingerprint density at radius 2 is 1.76 bits per heavy atom. The number of nitrogens with one attached hydrogen (secondary N) is 1. The van der Waals surface area contributed by atoms with Gasteiger partial charge in [0.05, 0.1) is 5.56 Å². The number of rotatable bonds is 3. The molecule has 0 aromatic heterocycles. The number of likely N-dealkylation sites (tertiary alicyclic amines) is 1. The van der Waals surface area contributed by atoms with Gasteiger partial charge in [-0.15, -0.1) is 0 Å². The number of hydrogen-bond acceptors (Lipinski definition) is 2. The SMILES string of the molecule is O=C(NC1CCN(C(=O)C2CCCCC2)CC1)c1ccc(Cl)cc1I. The first kappa shape index (κ1) is 19.0. The number of nitrogens with zero attached hydrogens (tertiary/aromatic N) is 1. The summed E-state index contributed by atoms with van der Waals surface area (Å²) in [6.45, 7) is 1.50. The first-order valence-corrected chi connectivity index (χ1v) is 10.5. The van der Waals surface area contributed by atoms with Gasteiger partial charge in [-0.2, -0.15) is 0 Å². The Morgan fingerprint density at radius 1 is 1.08 bits per heavy atom. The summed E-state index contributed by atoms with van der Waals surface area (Å²) in [7, 11) is 0. The smallest absolute Gasteiger partial charge is 0.252 e. The normalized spacial score (nSPS) is 19.7. The van der Waals surface area contributed by atoms with Gasteiger partial charge in [-0.25, -0.2) is 0 Å².